The third-order valence-electron chi connectivity index (χ3n) is 7.14. The minimum absolute atomic E-state index is 0.331. The third kappa shape index (κ3) is 8.30. The molecule has 0 aliphatic heterocycles. The Hall–Kier alpha value is -2.13. The van der Waals surface area contributed by atoms with Crippen LogP contribution in [0.5, 0.6) is 0 Å². The van der Waals surface area contributed by atoms with Gasteiger partial charge in [-0.05, 0) is 106 Å². The second-order valence-electron chi connectivity index (χ2n) is 9.45. The van der Waals surface area contributed by atoms with Gasteiger partial charge in [-0.15, -0.1) is 0 Å². The molecule has 0 N–H and O–H groups in total. The zero-order valence-electron chi connectivity index (χ0n) is 19.0. The first-order valence-electron chi connectivity index (χ1n) is 12.1. The lowest BCUT2D eigenvalue weighted by molar-refractivity contribution is -0.137. The molecule has 0 saturated heterocycles. The van der Waals surface area contributed by atoms with Crippen molar-refractivity contribution in [2.75, 3.05) is 6.61 Å². The van der Waals surface area contributed by atoms with Gasteiger partial charge in [-0.25, -0.2) is 0 Å². The maximum atomic E-state index is 12.8. The van der Waals surface area contributed by atoms with Crippen LogP contribution in [0.25, 0.3) is 0 Å². The summed E-state index contributed by atoms with van der Waals surface area (Å²) in [5.74, 6) is 0.802. The van der Waals surface area contributed by atoms with Gasteiger partial charge in [0.25, 0.3) is 0 Å². The van der Waals surface area contributed by atoms with E-state index in [1.54, 1.807) is 18.2 Å². The van der Waals surface area contributed by atoms with Crippen LogP contribution in [0, 0.1) is 23.2 Å². The van der Waals surface area contributed by atoms with Gasteiger partial charge in [0, 0.05) is 6.61 Å². The molecule has 0 radical (unpaired) electrons. The molecule has 0 bridgehead atoms. The summed E-state index contributed by atoms with van der Waals surface area (Å²) in [5, 5.41) is 8.37. The fourth-order valence-corrected chi connectivity index (χ4v) is 5.08. The zero-order valence-corrected chi connectivity index (χ0v) is 19.0. The smallest absolute Gasteiger partial charge is 0.378 e. The van der Waals surface area contributed by atoms with E-state index in [-0.39, 0.29) is 0 Å². The lowest BCUT2D eigenvalue weighted by Gasteiger charge is -2.32. The normalized spacial score (nSPS) is 26.9. The highest BCUT2D eigenvalue weighted by molar-refractivity contribution is 5.27. The molecular formula is C27H33F4NO. The average molecular weight is 464 g/mol. The minimum atomic E-state index is -4.28. The molecular weight excluding hydrogens is 430 g/mol. The Morgan fingerprint density at radius 1 is 0.970 bits per heavy atom. The molecule has 6 heteroatoms. The quantitative estimate of drug-likeness (QED) is 0.221. The van der Waals surface area contributed by atoms with Gasteiger partial charge in [-0.1, -0.05) is 24.3 Å². The number of hydrogen-bond acceptors (Lipinski definition) is 2. The number of rotatable bonds is 8. The zero-order chi connectivity index (χ0) is 23.7. The monoisotopic (exact) mass is 463 g/mol. The third-order valence-corrected chi connectivity index (χ3v) is 7.14. The number of alkyl halides is 3. The summed E-state index contributed by atoms with van der Waals surface area (Å²) < 4.78 is 57.2. The van der Waals surface area contributed by atoms with Crippen LogP contribution in [0.3, 0.4) is 0 Å². The molecule has 2 aliphatic carbocycles. The molecule has 0 amide bonds. The van der Waals surface area contributed by atoms with Crippen LogP contribution in [0.2, 0.25) is 0 Å². The Morgan fingerprint density at radius 3 is 2.21 bits per heavy atom. The van der Waals surface area contributed by atoms with Gasteiger partial charge in [0.1, 0.15) is 6.07 Å². The van der Waals surface area contributed by atoms with Crippen molar-refractivity contribution in [3.63, 3.8) is 0 Å². The summed E-state index contributed by atoms with van der Waals surface area (Å²) in [5.41, 5.74) is 0.435. The van der Waals surface area contributed by atoms with Crippen LogP contribution < -0.4 is 0 Å². The summed E-state index contributed by atoms with van der Waals surface area (Å²) in [4.78, 5) is 0. The average Bonchev–Trinajstić information content (AvgIpc) is 2.83. The van der Waals surface area contributed by atoms with Crippen molar-refractivity contribution in [3.8, 4) is 6.07 Å². The highest BCUT2D eigenvalue weighted by Gasteiger charge is 2.31. The molecule has 0 aromatic heterocycles. The summed E-state index contributed by atoms with van der Waals surface area (Å²) in [6.45, 7) is 0.786. The Kier molecular flexibility index (Phi) is 9.55. The van der Waals surface area contributed by atoms with E-state index >= 15 is 0 Å². The van der Waals surface area contributed by atoms with Crippen molar-refractivity contribution in [1.82, 2.24) is 0 Å². The van der Waals surface area contributed by atoms with E-state index in [0.29, 0.717) is 23.9 Å². The molecule has 0 heterocycles. The van der Waals surface area contributed by atoms with E-state index in [1.165, 1.54) is 24.3 Å². The Morgan fingerprint density at radius 2 is 1.61 bits per heavy atom. The van der Waals surface area contributed by atoms with Gasteiger partial charge in [0.2, 0.25) is 0 Å². The van der Waals surface area contributed by atoms with Crippen molar-refractivity contribution in [3.05, 3.63) is 59.4 Å². The van der Waals surface area contributed by atoms with E-state index in [2.05, 4.69) is 0 Å². The first-order chi connectivity index (χ1) is 15.8. The predicted octanol–water partition coefficient (Wildman–Crippen LogP) is 8.27. The maximum Gasteiger partial charge on any atom is 0.416 e. The number of halogens is 4. The van der Waals surface area contributed by atoms with Gasteiger partial charge in [-0.3, -0.25) is 0 Å². The standard InChI is InChI=1S/C27H33F4NO/c28-25(18-32)5-3-1-2-4-20-8-16-26(17-9-20)33-19-21-6-10-22(11-7-21)23-12-14-24(15-13-23)27(29,30)31/h1,3,5,12-15,20-22,26H,2,4,6-11,16-17,19H2/b3-1+,25-5-. The summed E-state index contributed by atoms with van der Waals surface area (Å²) in [6.07, 6.45) is 11.4. The van der Waals surface area contributed by atoms with Crippen LogP contribution in [-0.2, 0) is 10.9 Å². The van der Waals surface area contributed by atoms with Gasteiger partial charge >= 0.3 is 6.18 Å². The van der Waals surface area contributed by atoms with Crippen molar-refractivity contribution >= 4 is 0 Å². The SMILES string of the molecule is N#C/C(F)=C/C=C/CCC1CCC(OCC2CCC(c3ccc(C(F)(F)F)cc3)CC2)CC1. The first kappa shape index (κ1) is 25.5. The van der Waals surface area contributed by atoms with Crippen molar-refractivity contribution < 1.29 is 22.3 Å². The first-order valence-corrected chi connectivity index (χ1v) is 12.1. The molecule has 0 spiro atoms. The molecule has 2 nitrogen and oxygen atoms in total. The minimum Gasteiger partial charge on any atom is -0.378 e. The molecule has 0 atom stereocenters. The highest BCUT2D eigenvalue weighted by atomic mass is 19.4. The van der Waals surface area contributed by atoms with Gasteiger partial charge in [0.15, 0.2) is 5.83 Å². The van der Waals surface area contributed by atoms with Gasteiger partial charge < -0.3 is 4.74 Å². The Balaban J connectivity index is 1.30. The number of benzene rings is 1. The largest absolute Gasteiger partial charge is 0.416 e. The molecule has 3 rings (SSSR count). The fourth-order valence-electron chi connectivity index (χ4n) is 5.08. The van der Waals surface area contributed by atoms with E-state index in [4.69, 9.17) is 10.00 Å². The second-order valence-corrected chi connectivity index (χ2v) is 9.45. The summed E-state index contributed by atoms with van der Waals surface area (Å²) >= 11 is 0. The van der Waals surface area contributed by atoms with Crippen LogP contribution in [0.1, 0.15) is 81.3 Å². The van der Waals surface area contributed by atoms with E-state index in [0.717, 1.165) is 76.4 Å². The van der Waals surface area contributed by atoms with Crippen molar-refractivity contribution in [2.24, 2.45) is 11.8 Å². The highest BCUT2D eigenvalue weighted by Crippen LogP contribution is 2.38. The molecule has 1 aromatic rings. The van der Waals surface area contributed by atoms with E-state index in [9.17, 15) is 17.6 Å². The van der Waals surface area contributed by atoms with Crippen LogP contribution in [0.4, 0.5) is 17.6 Å². The number of nitrogens with zero attached hydrogens (tertiary/aromatic N) is 1. The van der Waals surface area contributed by atoms with Gasteiger partial charge in [0.05, 0.1) is 11.7 Å². The topological polar surface area (TPSA) is 33.0 Å². The number of hydrogen-bond donors (Lipinski definition) is 0. The lowest BCUT2D eigenvalue weighted by Crippen LogP contribution is -2.25. The molecule has 0 unspecified atom stereocenters. The van der Waals surface area contributed by atoms with E-state index in [1.807, 2.05) is 6.08 Å². The molecule has 2 aliphatic rings. The molecule has 2 fully saturated rings. The molecule has 1 aromatic carbocycles. The Bertz CT molecular complexity index is 821. The maximum absolute atomic E-state index is 12.8. The Labute approximate surface area is 194 Å². The molecule has 180 valence electrons. The number of allylic oxidation sites excluding steroid dienone is 4. The number of nitriles is 1. The fraction of sp³-hybridized carbons (Fsp3) is 0.593. The van der Waals surface area contributed by atoms with Crippen LogP contribution >= 0.6 is 0 Å². The second kappa shape index (κ2) is 12.4. The molecule has 33 heavy (non-hydrogen) atoms. The summed E-state index contributed by atoms with van der Waals surface area (Å²) in [7, 11) is 0. The number of ether oxygens (including phenoxy) is 1. The van der Waals surface area contributed by atoms with Gasteiger partial charge in [-0.2, -0.15) is 22.8 Å². The molecule has 2 saturated carbocycles. The predicted molar refractivity (Wildman–Crippen MR) is 121 cm³/mol. The van der Waals surface area contributed by atoms with Crippen molar-refractivity contribution in [1.29, 1.82) is 5.26 Å². The van der Waals surface area contributed by atoms with Crippen LogP contribution in [-0.4, -0.2) is 12.7 Å². The van der Waals surface area contributed by atoms with Crippen molar-refractivity contribution in [2.45, 2.75) is 82.4 Å². The van der Waals surface area contributed by atoms with E-state index < -0.39 is 17.6 Å². The summed E-state index contributed by atoms with van der Waals surface area (Å²) in [6, 6.07) is 7.13. The van der Waals surface area contributed by atoms with Crippen LogP contribution in [0.15, 0.2) is 48.3 Å². The lowest BCUT2D eigenvalue weighted by atomic mass is 9.79.